The fraction of sp³-hybridized carbons (Fsp3) is 0.241. The quantitative estimate of drug-likeness (QED) is 0.410. The molecule has 1 spiro atoms. The first-order chi connectivity index (χ1) is 19.8. The van der Waals surface area contributed by atoms with Crippen molar-refractivity contribution in [2.24, 2.45) is 0 Å². The van der Waals surface area contributed by atoms with Crippen LogP contribution in [-0.2, 0) is 21.4 Å². The topological polar surface area (TPSA) is 131 Å². The van der Waals surface area contributed by atoms with Crippen molar-refractivity contribution in [1.29, 1.82) is 5.26 Å². The normalized spacial score (nSPS) is 20.8. The third kappa shape index (κ3) is 5.46. The fourth-order valence-corrected chi connectivity index (χ4v) is 6.63. The van der Waals surface area contributed by atoms with Crippen molar-refractivity contribution in [3.05, 3.63) is 99.0 Å². The van der Waals surface area contributed by atoms with Crippen molar-refractivity contribution in [3.8, 4) is 6.07 Å². The lowest BCUT2D eigenvalue weighted by atomic mass is 9.80. The molecule has 2 aliphatic heterocycles. The Balaban J connectivity index is 1.49. The van der Waals surface area contributed by atoms with Gasteiger partial charge in [0, 0.05) is 48.2 Å². The fourth-order valence-electron chi connectivity index (χ4n) is 5.66. The molecule has 5 rings (SSSR count). The Kier molecular flexibility index (Phi) is 7.76. The van der Waals surface area contributed by atoms with Crippen LogP contribution in [0.3, 0.4) is 0 Å². The van der Waals surface area contributed by atoms with Gasteiger partial charge in [0.15, 0.2) is 0 Å². The van der Waals surface area contributed by atoms with E-state index in [1.165, 1.54) is 35.2 Å². The van der Waals surface area contributed by atoms with Crippen LogP contribution in [0.2, 0.25) is 10.0 Å². The molecule has 216 valence electrons. The van der Waals surface area contributed by atoms with E-state index in [1.807, 2.05) is 9.62 Å². The first-order valence-electron chi connectivity index (χ1n) is 12.7. The molecule has 3 aromatic rings. The van der Waals surface area contributed by atoms with Gasteiger partial charge in [-0.3, -0.25) is 14.5 Å². The number of nitrogens with zero attached hydrogens (tertiary/aromatic N) is 4. The van der Waals surface area contributed by atoms with Crippen LogP contribution in [0, 0.1) is 11.3 Å². The second-order valence-corrected chi connectivity index (χ2v) is 13.0. The highest BCUT2D eigenvalue weighted by atomic mass is 35.5. The summed E-state index contributed by atoms with van der Waals surface area (Å²) in [5.41, 5.74) is 1.27. The van der Waals surface area contributed by atoms with E-state index in [-0.39, 0.29) is 27.8 Å². The zero-order valence-electron chi connectivity index (χ0n) is 22.5. The molecule has 0 unspecified atom stereocenters. The number of amides is 4. The summed E-state index contributed by atoms with van der Waals surface area (Å²) in [5.74, 6) is -1.59. The molecule has 0 bridgehead atoms. The summed E-state index contributed by atoms with van der Waals surface area (Å²) in [5, 5.41) is 9.86. The Morgan fingerprint density at radius 3 is 2.24 bits per heavy atom. The van der Waals surface area contributed by atoms with Gasteiger partial charge in [-0.25, -0.2) is 22.8 Å². The standard InChI is InChI=1S/C29H25Cl2N5O5S/c1-34-28(39)36(24-12-22(30)11-23(31)13-24)27(38)29(34)17-35(16-25(29)20-7-3-18(14-32)4-8-20)15-19-5-9-21(10-6-19)26(37)33-42(2,40)41/h3-13,25H,15-17H2,1-2H3,(H,33,37)/t25-,29+/m0/s1. The Morgan fingerprint density at radius 1 is 1.05 bits per heavy atom. The summed E-state index contributed by atoms with van der Waals surface area (Å²) in [7, 11) is -2.10. The predicted molar refractivity (Wildman–Crippen MR) is 158 cm³/mol. The zero-order chi connectivity index (χ0) is 30.4. The number of urea groups is 1. The van der Waals surface area contributed by atoms with Crippen molar-refractivity contribution >= 4 is 56.8 Å². The summed E-state index contributed by atoms with van der Waals surface area (Å²) >= 11 is 12.4. The predicted octanol–water partition coefficient (Wildman–Crippen LogP) is 3.99. The number of imide groups is 1. The smallest absolute Gasteiger partial charge is 0.310 e. The van der Waals surface area contributed by atoms with Crippen LogP contribution in [0.1, 0.15) is 33.0 Å². The molecule has 0 saturated carbocycles. The van der Waals surface area contributed by atoms with E-state index in [9.17, 15) is 28.1 Å². The third-order valence-corrected chi connectivity index (χ3v) is 8.57. The van der Waals surface area contributed by atoms with E-state index < -0.39 is 39.3 Å². The number of rotatable bonds is 6. The molecule has 2 atom stereocenters. The van der Waals surface area contributed by atoms with Gasteiger partial charge in [0.1, 0.15) is 5.54 Å². The molecule has 3 aromatic carbocycles. The molecule has 2 aliphatic rings. The lowest BCUT2D eigenvalue weighted by molar-refractivity contribution is -0.124. The van der Waals surface area contributed by atoms with Gasteiger partial charge in [-0.05, 0) is 53.6 Å². The summed E-state index contributed by atoms with van der Waals surface area (Å²) < 4.78 is 24.8. The van der Waals surface area contributed by atoms with Crippen molar-refractivity contribution in [2.75, 3.05) is 31.3 Å². The second-order valence-electron chi connectivity index (χ2n) is 10.4. The van der Waals surface area contributed by atoms with Crippen molar-refractivity contribution in [3.63, 3.8) is 0 Å². The number of halogens is 2. The molecule has 42 heavy (non-hydrogen) atoms. The van der Waals surface area contributed by atoms with Crippen molar-refractivity contribution in [2.45, 2.75) is 18.0 Å². The molecule has 1 N–H and O–H groups in total. The summed E-state index contributed by atoms with van der Waals surface area (Å²) in [6.45, 7) is 1.01. The van der Waals surface area contributed by atoms with Crippen LogP contribution in [0.15, 0.2) is 66.7 Å². The molecule has 13 heteroatoms. The minimum atomic E-state index is -3.70. The molecular weight excluding hydrogens is 601 g/mol. The molecule has 0 aromatic heterocycles. The monoisotopic (exact) mass is 625 g/mol. The molecule has 2 fully saturated rings. The number of nitriles is 1. The van der Waals surface area contributed by atoms with E-state index in [2.05, 4.69) is 6.07 Å². The SMILES string of the molecule is CN1C(=O)N(c2cc(Cl)cc(Cl)c2)C(=O)[C@]12CN(Cc1ccc(C(=O)NS(C)(=O)=O)cc1)C[C@H]2c1ccc(C#N)cc1. The number of likely N-dealkylation sites (tertiary alicyclic amines) is 1. The maximum Gasteiger partial charge on any atom is 0.332 e. The minimum Gasteiger partial charge on any atom is -0.310 e. The third-order valence-electron chi connectivity index (χ3n) is 7.58. The number of nitrogens with one attached hydrogen (secondary N) is 1. The number of likely N-dealkylation sites (N-methyl/N-ethyl adjacent to an activating group) is 1. The largest absolute Gasteiger partial charge is 0.332 e. The Bertz CT molecular complexity index is 1720. The van der Waals surface area contributed by atoms with Gasteiger partial charge >= 0.3 is 6.03 Å². The van der Waals surface area contributed by atoms with Crippen LogP contribution in [-0.4, -0.2) is 68.0 Å². The molecule has 0 aliphatic carbocycles. The van der Waals surface area contributed by atoms with E-state index >= 15 is 0 Å². The first kappa shape index (κ1) is 29.5. The number of benzene rings is 3. The molecule has 0 radical (unpaired) electrons. The maximum atomic E-state index is 14.3. The van der Waals surface area contributed by atoms with Crippen LogP contribution in [0.4, 0.5) is 10.5 Å². The van der Waals surface area contributed by atoms with Gasteiger partial charge in [0.2, 0.25) is 10.0 Å². The summed E-state index contributed by atoms with van der Waals surface area (Å²) in [6, 6.07) is 19.6. The van der Waals surface area contributed by atoms with E-state index in [4.69, 9.17) is 23.2 Å². The molecule has 10 nitrogen and oxygen atoms in total. The van der Waals surface area contributed by atoms with Gasteiger partial charge in [0.05, 0.1) is 23.6 Å². The summed E-state index contributed by atoms with van der Waals surface area (Å²) in [4.78, 5) is 44.8. The summed E-state index contributed by atoms with van der Waals surface area (Å²) in [6.07, 6.45) is 0.904. The lowest BCUT2D eigenvalue weighted by Gasteiger charge is -2.34. The molecule has 2 saturated heterocycles. The van der Waals surface area contributed by atoms with E-state index in [0.717, 1.165) is 22.3 Å². The number of hydrogen-bond donors (Lipinski definition) is 1. The number of carbonyl (C=O) groups excluding carboxylic acids is 3. The average Bonchev–Trinajstić information content (AvgIpc) is 3.39. The number of anilines is 1. The van der Waals surface area contributed by atoms with Gasteiger partial charge in [0.25, 0.3) is 11.8 Å². The van der Waals surface area contributed by atoms with Gasteiger partial charge in [-0.2, -0.15) is 5.26 Å². The van der Waals surface area contributed by atoms with E-state index in [0.29, 0.717) is 18.7 Å². The lowest BCUT2D eigenvalue weighted by Crippen LogP contribution is -2.53. The highest BCUT2D eigenvalue weighted by Crippen LogP contribution is 2.47. The minimum absolute atomic E-state index is 0.185. The number of hydrogen-bond acceptors (Lipinski definition) is 7. The highest BCUT2D eigenvalue weighted by molar-refractivity contribution is 7.89. The number of carbonyl (C=O) groups is 3. The van der Waals surface area contributed by atoms with Gasteiger partial charge in [-0.15, -0.1) is 0 Å². The average molecular weight is 627 g/mol. The van der Waals surface area contributed by atoms with Crippen LogP contribution in [0.25, 0.3) is 0 Å². The van der Waals surface area contributed by atoms with E-state index in [1.54, 1.807) is 43.4 Å². The number of sulfonamides is 1. The Hall–Kier alpha value is -3.95. The molecular formula is C29H25Cl2N5O5S. The van der Waals surface area contributed by atoms with Crippen LogP contribution in [0.5, 0.6) is 0 Å². The zero-order valence-corrected chi connectivity index (χ0v) is 24.9. The highest BCUT2D eigenvalue weighted by Gasteiger charge is 2.64. The molecule has 2 heterocycles. The van der Waals surface area contributed by atoms with Crippen LogP contribution >= 0.6 is 23.2 Å². The van der Waals surface area contributed by atoms with Crippen molar-refractivity contribution < 1.29 is 22.8 Å². The maximum absolute atomic E-state index is 14.3. The molecule has 4 amide bonds. The van der Waals surface area contributed by atoms with Gasteiger partial charge in [-0.1, -0.05) is 47.5 Å². The van der Waals surface area contributed by atoms with Gasteiger partial charge < -0.3 is 4.90 Å². The van der Waals surface area contributed by atoms with Crippen LogP contribution < -0.4 is 9.62 Å². The van der Waals surface area contributed by atoms with Crippen molar-refractivity contribution in [1.82, 2.24) is 14.5 Å². The Labute approximate surface area is 253 Å². The first-order valence-corrected chi connectivity index (χ1v) is 15.4. The Morgan fingerprint density at radius 2 is 1.67 bits per heavy atom. The second kappa shape index (κ2) is 11.0.